The lowest BCUT2D eigenvalue weighted by atomic mass is 9.95. The van der Waals surface area contributed by atoms with Gasteiger partial charge < -0.3 is 18.7 Å². The zero-order chi connectivity index (χ0) is 44.1. The first-order valence-corrected chi connectivity index (χ1v) is 21.9. The quantitative estimate of drug-likeness (QED) is 0.0706. The normalized spacial score (nSPS) is 11.3. The summed E-state index contributed by atoms with van der Waals surface area (Å²) in [6, 6.07) is 21.7. The molecule has 0 saturated carbocycles. The number of imidazole rings is 2. The lowest BCUT2D eigenvalue weighted by Gasteiger charge is -2.13. The van der Waals surface area contributed by atoms with Crippen molar-refractivity contribution in [3.63, 3.8) is 0 Å². The molecule has 0 atom stereocenters. The van der Waals surface area contributed by atoms with Crippen molar-refractivity contribution in [2.75, 3.05) is 20.3 Å². The molecule has 2 aromatic carbocycles. The van der Waals surface area contributed by atoms with Crippen LogP contribution in [0.5, 0.6) is 0 Å². The van der Waals surface area contributed by atoms with E-state index in [0.29, 0.717) is 6.54 Å². The van der Waals surface area contributed by atoms with Crippen LogP contribution in [0, 0.1) is 20.4 Å². The molecule has 0 N–H and O–H groups in total. The number of fused-ring (bicyclic) bond motifs is 2. The van der Waals surface area contributed by atoms with Crippen LogP contribution in [0.1, 0.15) is 76.4 Å². The fourth-order valence-corrected chi connectivity index (χ4v) is 7.99. The average molecular weight is 836 g/mol. The van der Waals surface area contributed by atoms with E-state index in [4.69, 9.17) is 21.3 Å². The number of hydrogen-bond acceptors (Lipinski definition) is 7. The molecule has 10 heteroatoms. The fourth-order valence-electron chi connectivity index (χ4n) is 7.99. The van der Waals surface area contributed by atoms with Crippen LogP contribution in [0.15, 0.2) is 104 Å². The van der Waals surface area contributed by atoms with Gasteiger partial charge in [-0.1, -0.05) is 25.5 Å². The highest BCUT2D eigenvalue weighted by Crippen LogP contribution is 2.31. The third-order valence-electron chi connectivity index (χ3n) is 11.6. The molecule has 320 valence electrons. The Morgan fingerprint density at radius 1 is 0.667 bits per heavy atom. The number of aromatic nitrogens is 8. The SMILES string of the molecule is CCCCc1cc2c(/C=C/c3ccnc(CCCOC)c3)cc(-c3cncn3C)nc2cc1C.[C-]#[N+]CCc1cc2c(CCc3ccncc3)cc(-c3cncn3C)nc2cc1C. The molecule has 0 bridgehead atoms. The Kier molecular flexibility index (Phi) is 15.0. The first kappa shape index (κ1) is 44.2. The maximum Gasteiger partial charge on any atom is 0.218 e. The van der Waals surface area contributed by atoms with Crippen LogP contribution < -0.4 is 0 Å². The summed E-state index contributed by atoms with van der Waals surface area (Å²) in [6.07, 6.45) is 25.3. The highest BCUT2D eigenvalue weighted by molar-refractivity contribution is 5.93. The molecule has 0 unspecified atom stereocenters. The summed E-state index contributed by atoms with van der Waals surface area (Å²) >= 11 is 0. The van der Waals surface area contributed by atoms with Gasteiger partial charge >= 0.3 is 0 Å². The van der Waals surface area contributed by atoms with Crippen LogP contribution in [0.25, 0.3) is 61.6 Å². The van der Waals surface area contributed by atoms with Crippen LogP contribution in [0.2, 0.25) is 0 Å². The highest BCUT2D eigenvalue weighted by atomic mass is 16.5. The van der Waals surface area contributed by atoms with Gasteiger partial charge in [0.2, 0.25) is 6.54 Å². The summed E-state index contributed by atoms with van der Waals surface area (Å²) in [5.74, 6) is 0. The summed E-state index contributed by atoms with van der Waals surface area (Å²) in [4.78, 5) is 30.7. The van der Waals surface area contributed by atoms with Crippen molar-refractivity contribution < 1.29 is 4.74 Å². The summed E-state index contributed by atoms with van der Waals surface area (Å²) in [5, 5.41) is 2.36. The van der Waals surface area contributed by atoms with Gasteiger partial charge in [-0.3, -0.25) is 9.97 Å². The molecule has 0 aliphatic rings. The van der Waals surface area contributed by atoms with Gasteiger partial charge in [0.05, 0.1) is 58.9 Å². The van der Waals surface area contributed by atoms with Crippen LogP contribution in [0.3, 0.4) is 0 Å². The van der Waals surface area contributed by atoms with Crippen molar-refractivity contribution in [3.05, 3.63) is 166 Å². The van der Waals surface area contributed by atoms with E-state index in [1.54, 1.807) is 13.4 Å². The number of aryl methyl sites for hydroxylation is 8. The van der Waals surface area contributed by atoms with E-state index in [1.807, 2.05) is 60.5 Å². The molecule has 0 aliphatic heterocycles. The zero-order valence-electron chi connectivity index (χ0n) is 37.5. The Morgan fingerprint density at radius 3 is 1.98 bits per heavy atom. The lowest BCUT2D eigenvalue weighted by Crippen LogP contribution is -2.01. The van der Waals surface area contributed by atoms with Crippen LogP contribution >= 0.6 is 0 Å². The molecule has 6 heterocycles. The standard InChI is InChI=1S/C29H34N4O.C24H23N5/c1-5-6-8-23-17-26-24(11-10-22-12-13-31-25(16-22)9-7-14-34-4)18-28(29-19-30-20-33(29)3)32-27(26)15-21(23)2;1-17-12-22-21(13-19(17)8-9-25-2)20(5-4-18-6-10-26-11-7-18)14-23(28-22)24-15-27-16-29(24)3/h10-13,15-20H,5-9,14H2,1-4H3;6-7,10-16H,4-5,8-9H2,1,3H3/b11-10+;. The van der Waals surface area contributed by atoms with Gasteiger partial charge in [-0.15, -0.1) is 0 Å². The van der Waals surface area contributed by atoms with Gasteiger partial charge in [0.1, 0.15) is 0 Å². The number of hydrogen-bond donors (Lipinski definition) is 0. The molecular formula is C53H57N9O. The van der Waals surface area contributed by atoms with Crippen molar-refractivity contribution >= 4 is 34.0 Å². The predicted octanol–water partition coefficient (Wildman–Crippen LogP) is 11.0. The Morgan fingerprint density at radius 2 is 1.33 bits per heavy atom. The summed E-state index contributed by atoms with van der Waals surface area (Å²) in [5.41, 5.74) is 17.0. The molecule has 0 saturated heterocycles. The Labute approximate surface area is 371 Å². The molecular weight excluding hydrogens is 779 g/mol. The van der Waals surface area contributed by atoms with Gasteiger partial charge in [-0.2, -0.15) is 0 Å². The van der Waals surface area contributed by atoms with Crippen molar-refractivity contribution in [1.82, 2.24) is 39.0 Å². The first-order chi connectivity index (χ1) is 30.7. The molecule has 8 aromatic rings. The van der Waals surface area contributed by atoms with E-state index in [-0.39, 0.29) is 0 Å². The minimum atomic E-state index is 0.513. The fraction of sp³-hybridized carbons (Fsp3) is 0.302. The van der Waals surface area contributed by atoms with Crippen LogP contribution in [0.4, 0.5) is 0 Å². The Hall–Kier alpha value is -6.83. The van der Waals surface area contributed by atoms with Crippen molar-refractivity contribution in [1.29, 1.82) is 0 Å². The Bertz CT molecular complexity index is 2870. The second kappa shape index (κ2) is 21.3. The van der Waals surface area contributed by atoms with Gasteiger partial charge in [0, 0.05) is 69.3 Å². The number of unbranched alkanes of at least 4 members (excludes halogenated alkanes) is 1. The van der Waals surface area contributed by atoms with Crippen LogP contribution in [-0.2, 0) is 50.9 Å². The molecule has 0 fully saturated rings. The molecule has 6 aromatic heterocycles. The second-order valence-corrected chi connectivity index (χ2v) is 16.2. The first-order valence-electron chi connectivity index (χ1n) is 21.9. The second-order valence-electron chi connectivity index (χ2n) is 16.2. The molecule has 0 spiro atoms. The van der Waals surface area contributed by atoms with Gasteiger partial charge in [-0.05, 0) is 158 Å². The van der Waals surface area contributed by atoms with E-state index in [2.05, 4.69) is 118 Å². The monoisotopic (exact) mass is 835 g/mol. The van der Waals surface area contributed by atoms with Crippen LogP contribution in [-0.4, -0.2) is 59.3 Å². The molecule has 63 heavy (non-hydrogen) atoms. The largest absolute Gasteiger partial charge is 0.385 e. The number of nitrogens with zero attached hydrogens (tertiary/aromatic N) is 9. The van der Waals surface area contributed by atoms with E-state index < -0.39 is 0 Å². The van der Waals surface area contributed by atoms with Crippen molar-refractivity contribution in [2.24, 2.45) is 14.1 Å². The van der Waals surface area contributed by atoms with E-state index >= 15 is 0 Å². The number of methoxy groups -OCH3 is 1. The van der Waals surface area contributed by atoms with E-state index in [1.165, 1.54) is 57.0 Å². The predicted molar refractivity (Wildman–Crippen MR) is 256 cm³/mol. The minimum Gasteiger partial charge on any atom is -0.385 e. The summed E-state index contributed by atoms with van der Waals surface area (Å²) < 4.78 is 9.19. The molecule has 0 aliphatic carbocycles. The smallest absolute Gasteiger partial charge is 0.218 e. The number of rotatable bonds is 16. The maximum atomic E-state index is 7.12. The number of ether oxygens (including phenoxy) is 1. The molecule has 10 nitrogen and oxygen atoms in total. The maximum absolute atomic E-state index is 7.12. The zero-order valence-corrected chi connectivity index (χ0v) is 37.5. The Balaban J connectivity index is 0.000000191. The number of pyridine rings is 4. The van der Waals surface area contributed by atoms with Crippen molar-refractivity contribution in [3.8, 4) is 22.8 Å². The van der Waals surface area contributed by atoms with Gasteiger partial charge in [0.15, 0.2) is 0 Å². The van der Waals surface area contributed by atoms with E-state index in [9.17, 15) is 0 Å². The summed E-state index contributed by atoms with van der Waals surface area (Å²) in [7, 11) is 5.73. The van der Waals surface area contributed by atoms with E-state index in [0.717, 1.165) is 95.8 Å². The average Bonchev–Trinajstić information content (AvgIpc) is 3.94. The number of benzene rings is 2. The molecule has 8 rings (SSSR count). The molecule has 0 amide bonds. The topological polar surface area (TPSA) is 101 Å². The highest BCUT2D eigenvalue weighted by Gasteiger charge is 2.14. The molecule has 0 radical (unpaired) electrons. The van der Waals surface area contributed by atoms with Gasteiger partial charge in [-0.25, -0.2) is 26.5 Å². The lowest BCUT2D eigenvalue weighted by molar-refractivity contribution is 0.195. The minimum absolute atomic E-state index is 0.513. The third kappa shape index (κ3) is 11.2. The summed E-state index contributed by atoms with van der Waals surface area (Å²) in [6.45, 7) is 14.9. The van der Waals surface area contributed by atoms with Crippen molar-refractivity contribution in [2.45, 2.75) is 72.1 Å². The third-order valence-corrected chi connectivity index (χ3v) is 11.6. The van der Waals surface area contributed by atoms with Gasteiger partial charge in [0.25, 0.3) is 0 Å².